The number of amides is 1. The summed E-state index contributed by atoms with van der Waals surface area (Å²) in [5.41, 5.74) is 3.31. The molecular weight excluding hydrogens is 430 g/mol. The quantitative estimate of drug-likeness (QED) is 0.467. The average molecular weight is 452 g/mol. The van der Waals surface area contributed by atoms with E-state index in [1.54, 1.807) is 43.4 Å². The number of rotatable bonds is 5. The van der Waals surface area contributed by atoms with Gasteiger partial charge in [0.1, 0.15) is 18.0 Å². The van der Waals surface area contributed by atoms with Crippen LogP contribution in [-0.4, -0.2) is 42.8 Å². The molecule has 0 bridgehead atoms. The number of halogens is 1. The molecule has 0 saturated carbocycles. The van der Waals surface area contributed by atoms with Crippen molar-refractivity contribution in [2.45, 2.75) is 26.9 Å². The van der Waals surface area contributed by atoms with Crippen molar-refractivity contribution in [2.75, 3.05) is 13.2 Å². The summed E-state index contributed by atoms with van der Waals surface area (Å²) in [5.74, 6) is -0.180. The summed E-state index contributed by atoms with van der Waals surface area (Å²) >= 11 is 6.22. The van der Waals surface area contributed by atoms with E-state index in [9.17, 15) is 9.59 Å². The van der Waals surface area contributed by atoms with E-state index in [2.05, 4.69) is 4.98 Å². The van der Waals surface area contributed by atoms with Gasteiger partial charge in [0, 0.05) is 48.0 Å². The predicted octanol–water partition coefficient (Wildman–Crippen LogP) is 3.06. The lowest BCUT2D eigenvalue weighted by molar-refractivity contribution is 0.0686. The van der Waals surface area contributed by atoms with E-state index in [1.807, 2.05) is 38.2 Å². The van der Waals surface area contributed by atoms with Crippen LogP contribution in [0.25, 0.3) is 16.6 Å². The van der Waals surface area contributed by atoms with Gasteiger partial charge in [0.25, 0.3) is 11.5 Å². The van der Waals surface area contributed by atoms with Crippen molar-refractivity contribution in [1.82, 2.24) is 23.7 Å². The fourth-order valence-corrected chi connectivity index (χ4v) is 4.35. The first-order valence-electron chi connectivity index (χ1n) is 10.4. The molecule has 0 unspecified atom stereocenters. The van der Waals surface area contributed by atoms with Gasteiger partial charge in [-0.25, -0.2) is 4.98 Å². The summed E-state index contributed by atoms with van der Waals surface area (Å²) in [5, 5.41) is 1.56. The summed E-state index contributed by atoms with van der Waals surface area (Å²) in [6.45, 7) is 5.55. The summed E-state index contributed by atoms with van der Waals surface area (Å²) < 4.78 is 4.95. The van der Waals surface area contributed by atoms with Gasteiger partial charge in [-0.2, -0.15) is 4.73 Å². The van der Waals surface area contributed by atoms with E-state index in [0.717, 1.165) is 22.2 Å². The number of carbonyl (C=O) groups excluding carboxylic acids is 1. The van der Waals surface area contributed by atoms with Crippen LogP contribution in [0.2, 0.25) is 5.02 Å². The highest BCUT2D eigenvalue weighted by molar-refractivity contribution is 6.31. The number of aryl methyl sites for hydroxylation is 1. The van der Waals surface area contributed by atoms with Crippen LogP contribution in [0.4, 0.5) is 0 Å². The zero-order valence-electron chi connectivity index (χ0n) is 17.8. The second-order valence-corrected chi connectivity index (χ2v) is 8.21. The van der Waals surface area contributed by atoms with Crippen molar-refractivity contribution in [3.05, 3.63) is 81.4 Å². The van der Waals surface area contributed by atoms with Crippen LogP contribution in [0.3, 0.4) is 0 Å². The zero-order valence-corrected chi connectivity index (χ0v) is 18.5. The molecule has 4 heterocycles. The summed E-state index contributed by atoms with van der Waals surface area (Å²) in [4.78, 5) is 37.9. The van der Waals surface area contributed by atoms with Crippen molar-refractivity contribution in [3.63, 3.8) is 0 Å². The topological polar surface area (TPSA) is 74.3 Å². The van der Waals surface area contributed by atoms with Crippen molar-refractivity contribution < 1.29 is 9.63 Å². The Morgan fingerprint density at radius 1 is 1.12 bits per heavy atom. The van der Waals surface area contributed by atoms with E-state index in [4.69, 9.17) is 16.4 Å². The Morgan fingerprint density at radius 3 is 2.72 bits per heavy atom. The van der Waals surface area contributed by atoms with E-state index in [-0.39, 0.29) is 11.5 Å². The molecule has 4 aromatic rings. The summed E-state index contributed by atoms with van der Waals surface area (Å²) in [6, 6.07) is 8.99. The highest BCUT2D eigenvalue weighted by atomic mass is 35.5. The highest BCUT2D eigenvalue weighted by Crippen LogP contribution is 2.26. The number of aromatic nitrogens is 4. The maximum atomic E-state index is 13.2. The zero-order chi connectivity index (χ0) is 22.4. The molecule has 8 nitrogen and oxygen atoms in total. The first-order valence-corrected chi connectivity index (χ1v) is 10.8. The minimum absolute atomic E-state index is 0.180. The molecule has 1 amide bonds. The minimum Gasteiger partial charge on any atom is -0.414 e. The van der Waals surface area contributed by atoms with Crippen LogP contribution in [0, 0.1) is 6.92 Å². The third-order valence-electron chi connectivity index (χ3n) is 5.69. The van der Waals surface area contributed by atoms with E-state index >= 15 is 0 Å². The summed E-state index contributed by atoms with van der Waals surface area (Å²) in [7, 11) is 0. The van der Waals surface area contributed by atoms with Crippen LogP contribution in [-0.2, 0) is 13.1 Å². The van der Waals surface area contributed by atoms with Crippen molar-refractivity contribution in [3.8, 4) is 5.69 Å². The lowest BCUT2D eigenvalue weighted by atomic mass is 10.1. The van der Waals surface area contributed by atoms with Gasteiger partial charge in [0.15, 0.2) is 0 Å². The molecule has 0 spiro atoms. The normalized spacial score (nSPS) is 13.6. The van der Waals surface area contributed by atoms with E-state index in [0.29, 0.717) is 42.6 Å². The third-order valence-corrected chi connectivity index (χ3v) is 5.92. The van der Waals surface area contributed by atoms with Gasteiger partial charge < -0.3 is 18.9 Å². The second kappa shape index (κ2) is 7.87. The van der Waals surface area contributed by atoms with E-state index < -0.39 is 0 Å². The minimum atomic E-state index is -0.201. The molecule has 0 N–H and O–H groups in total. The lowest BCUT2D eigenvalue weighted by Crippen LogP contribution is -2.44. The Morgan fingerprint density at radius 2 is 1.97 bits per heavy atom. The molecule has 3 aromatic heterocycles. The average Bonchev–Trinajstić information content (AvgIpc) is 3.34. The standard InChI is InChI=1S/C23H22ClN5O3/c1-3-32-29-13-16(18-10-17(24)4-5-19(18)29)12-26-8-9-28-21(22(26)30)7-6-20(23(28)31)27-11-15(2)25-14-27/h4-7,10-11,13-14H,3,8-9,12H2,1-2H3. The van der Waals surface area contributed by atoms with Gasteiger partial charge in [0.2, 0.25) is 0 Å². The molecular formula is C23H22ClN5O3. The number of hydrogen-bond acceptors (Lipinski definition) is 4. The van der Waals surface area contributed by atoms with Gasteiger partial charge in [0.05, 0.1) is 17.5 Å². The van der Waals surface area contributed by atoms with Gasteiger partial charge >= 0.3 is 0 Å². The molecule has 5 rings (SSSR count). The lowest BCUT2D eigenvalue weighted by Gasteiger charge is -2.29. The van der Waals surface area contributed by atoms with Crippen LogP contribution < -0.4 is 10.4 Å². The Bertz CT molecular complexity index is 1400. The number of fused-ring (bicyclic) bond motifs is 2. The number of imidazole rings is 1. The van der Waals surface area contributed by atoms with Gasteiger partial charge in [-0.1, -0.05) is 11.6 Å². The van der Waals surface area contributed by atoms with Crippen LogP contribution >= 0.6 is 11.6 Å². The number of carbonyl (C=O) groups is 1. The molecule has 0 fully saturated rings. The van der Waals surface area contributed by atoms with Crippen molar-refractivity contribution in [1.29, 1.82) is 0 Å². The molecule has 1 aliphatic rings. The van der Waals surface area contributed by atoms with Gasteiger partial charge in [-0.3, -0.25) is 9.59 Å². The predicted molar refractivity (Wildman–Crippen MR) is 121 cm³/mol. The number of hydrogen-bond donors (Lipinski definition) is 0. The Balaban J connectivity index is 1.48. The third kappa shape index (κ3) is 3.36. The molecule has 9 heteroatoms. The molecule has 0 saturated heterocycles. The Kier molecular flexibility index (Phi) is 5.01. The first kappa shape index (κ1) is 20.4. The van der Waals surface area contributed by atoms with E-state index in [1.165, 1.54) is 0 Å². The largest absolute Gasteiger partial charge is 0.414 e. The molecule has 0 atom stereocenters. The molecule has 0 aliphatic carbocycles. The fourth-order valence-electron chi connectivity index (χ4n) is 4.18. The van der Waals surface area contributed by atoms with Gasteiger partial charge in [-0.05, 0) is 44.2 Å². The first-order chi connectivity index (χ1) is 15.5. The monoisotopic (exact) mass is 451 g/mol. The second-order valence-electron chi connectivity index (χ2n) is 7.77. The van der Waals surface area contributed by atoms with Crippen LogP contribution in [0.5, 0.6) is 0 Å². The van der Waals surface area contributed by atoms with Crippen LogP contribution in [0.1, 0.15) is 28.7 Å². The van der Waals surface area contributed by atoms with Crippen molar-refractivity contribution >= 4 is 28.4 Å². The summed E-state index contributed by atoms with van der Waals surface area (Å²) in [6.07, 6.45) is 5.29. The van der Waals surface area contributed by atoms with Gasteiger partial charge in [-0.15, -0.1) is 0 Å². The molecule has 164 valence electrons. The van der Waals surface area contributed by atoms with Crippen LogP contribution in [0.15, 0.2) is 53.8 Å². The fraction of sp³-hybridized carbons (Fsp3) is 0.261. The molecule has 1 aliphatic heterocycles. The smallest absolute Gasteiger partial charge is 0.275 e. The number of nitrogens with zero attached hydrogens (tertiary/aromatic N) is 5. The Labute approximate surface area is 189 Å². The maximum Gasteiger partial charge on any atom is 0.275 e. The highest BCUT2D eigenvalue weighted by Gasteiger charge is 2.27. The number of benzene rings is 1. The molecule has 0 radical (unpaired) electrons. The number of pyridine rings is 1. The molecule has 32 heavy (non-hydrogen) atoms. The Hall–Kier alpha value is -3.52. The molecule has 1 aromatic carbocycles. The SMILES string of the molecule is CCOn1cc(CN2CCn3c(ccc(-n4cnc(C)c4)c3=O)C2=O)c2cc(Cl)ccc21. The maximum absolute atomic E-state index is 13.2. The van der Waals surface area contributed by atoms with Crippen molar-refractivity contribution in [2.24, 2.45) is 0 Å².